The molecule has 2 aromatic carbocycles. The van der Waals surface area contributed by atoms with Crippen LogP contribution in [0.1, 0.15) is 34.7 Å². The Balaban J connectivity index is 1.44. The monoisotopic (exact) mass is 596 g/mol. The first kappa shape index (κ1) is 23.9. The average Bonchev–Trinajstić information content (AvgIpc) is 3.31. The Morgan fingerprint density at radius 2 is 1.16 bits per heavy atom. The largest absolute Gasteiger partial charge is 0.350 e. The van der Waals surface area contributed by atoms with Crippen molar-refractivity contribution in [2.45, 2.75) is 33.3 Å². The van der Waals surface area contributed by atoms with E-state index >= 15 is 0 Å². The summed E-state index contributed by atoms with van der Waals surface area (Å²) in [5, 5.41) is 1.68. The van der Waals surface area contributed by atoms with Crippen LogP contribution in [-0.2, 0) is 18.9 Å². The van der Waals surface area contributed by atoms with Gasteiger partial charge in [0.25, 0.3) is 0 Å². The average molecular weight is 599 g/mol. The number of para-hydroxylation sites is 2. The van der Waals surface area contributed by atoms with Gasteiger partial charge in [0.05, 0.1) is 20.4 Å². The molecule has 0 aliphatic carbocycles. The summed E-state index contributed by atoms with van der Waals surface area (Å²) in [5.41, 5.74) is 4.34. The molecular weight excluding hydrogens is 575 g/mol. The maximum Gasteiger partial charge on any atom is 0.160 e. The number of halogens is 4. The van der Waals surface area contributed by atoms with Crippen molar-refractivity contribution in [3.8, 4) is 0 Å². The van der Waals surface area contributed by atoms with Gasteiger partial charge in [-0.3, -0.25) is 4.79 Å². The molecule has 3 nitrogen and oxygen atoms in total. The van der Waals surface area contributed by atoms with Crippen LogP contribution in [0.25, 0.3) is 21.8 Å². The summed E-state index contributed by atoms with van der Waals surface area (Å²) in [6.07, 6.45) is 5.09. The molecule has 32 heavy (non-hydrogen) atoms. The molecule has 0 bridgehead atoms. The number of ketones is 1. The number of rotatable bonds is 8. The number of Topliss-reactive ketones (excluding diaryl/α,β-unsaturated/α-hetero) is 1. The standard InChI is InChI=1S/C25H24Br2Cl2N2O/c1-30-13-17(15-7-3-5-9-23(15)30)21(28)11-19(26)25(32)20(27)12-22(29)18-14-31(2)24-10-6-4-8-16(18)24/h3-10,13-14,19-22H,11-12H2,1-2H3. The Bertz CT molecular complexity index is 1170. The highest BCUT2D eigenvalue weighted by Crippen LogP contribution is 2.38. The molecule has 4 aromatic rings. The molecule has 4 atom stereocenters. The van der Waals surface area contributed by atoms with E-state index in [1.54, 1.807) is 0 Å². The van der Waals surface area contributed by atoms with Gasteiger partial charge in [-0.2, -0.15) is 0 Å². The fraction of sp³-hybridized carbons (Fsp3) is 0.320. The van der Waals surface area contributed by atoms with Gasteiger partial charge in [-0.15, -0.1) is 23.2 Å². The molecule has 0 aliphatic rings. The lowest BCUT2D eigenvalue weighted by Gasteiger charge is -2.18. The Morgan fingerprint density at radius 3 is 1.56 bits per heavy atom. The fourth-order valence-electron chi connectivity index (χ4n) is 4.29. The number of hydrogen-bond acceptors (Lipinski definition) is 1. The fourth-order valence-corrected chi connectivity index (χ4v) is 7.17. The third-order valence-corrected chi connectivity index (χ3v) is 8.45. The molecule has 7 heteroatoms. The minimum Gasteiger partial charge on any atom is -0.350 e. The summed E-state index contributed by atoms with van der Waals surface area (Å²) < 4.78 is 4.14. The third-order valence-electron chi connectivity index (χ3n) is 5.98. The van der Waals surface area contributed by atoms with Gasteiger partial charge >= 0.3 is 0 Å². The molecule has 2 aromatic heterocycles. The van der Waals surface area contributed by atoms with E-state index in [2.05, 4.69) is 65.3 Å². The van der Waals surface area contributed by atoms with Crippen LogP contribution in [0.15, 0.2) is 60.9 Å². The molecule has 0 N–H and O–H groups in total. The van der Waals surface area contributed by atoms with E-state index in [1.165, 1.54) is 0 Å². The van der Waals surface area contributed by atoms with Crippen molar-refractivity contribution in [3.63, 3.8) is 0 Å². The normalized spacial score (nSPS) is 15.7. The van der Waals surface area contributed by atoms with Crippen LogP contribution in [-0.4, -0.2) is 24.6 Å². The zero-order chi connectivity index (χ0) is 23.0. The SMILES string of the molecule is Cn1cc(C(Cl)CC(Br)C(=O)C(Br)CC(Cl)c2cn(C)c3ccccc23)c2ccccc21. The summed E-state index contributed by atoms with van der Waals surface area (Å²) in [4.78, 5) is 12.4. The molecule has 0 aliphatic heterocycles. The molecule has 0 fully saturated rings. The number of alkyl halides is 4. The maximum absolute atomic E-state index is 13.1. The van der Waals surface area contributed by atoms with Gasteiger partial charge in [0, 0.05) is 48.3 Å². The van der Waals surface area contributed by atoms with Gasteiger partial charge in [0.15, 0.2) is 5.78 Å². The van der Waals surface area contributed by atoms with Gasteiger partial charge in [-0.1, -0.05) is 68.3 Å². The third kappa shape index (κ3) is 4.68. The number of benzene rings is 2. The number of carbonyl (C=O) groups excluding carboxylic acids is 1. The zero-order valence-electron chi connectivity index (χ0n) is 17.8. The van der Waals surface area contributed by atoms with Crippen LogP contribution >= 0.6 is 55.1 Å². The van der Waals surface area contributed by atoms with Crippen LogP contribution < -0.4 is 0 Å². The second-order valence-electron chi connectivity index (χ2n) is 8.17. The first-order valence-corrected chi connectivity index (χ1v) is 13.2. The van der Waals surface area contributed by atoms with E-state index in [-0.39, 0.29) is 26.2 Å². The summed E-state index contributed by atoms with van der Waals surface area (Å²) in [6.45, 7) is 0. The molecule has 0 spiro atoms. The van der Waals surface area contributed by atoms with Crippen molar-refractivity contribution in [2.75, 3.05) is 0 Å². The van der Waals surface area contributed by atoms with Gasteiger partial charge in [0.1, 0.15) is 0 Å². The van der Waals surface area contributed by atoms with Crippen LogP contribution in [0, 0.1) is 0 Å². The van der Waals surface area contributed by atoms with E-state index in [0.29, 0.717) is 12.8 Å². The van der Waals surface area contributed by atoms with Crippen molar-refractivity contribution in [2.24, 2.45) is 14.1 Å². The molecule has 0 amide bonds. The number of fused-ring (bicyclic) bond motifs is 2. The molecule has 168 valence electrons. The molecule has 0 radical (unpaired) electrons. The van der Waals surface area contributed by atoms with Crippen LogP contribution in [0.4, 0.5) is 0 Å². The van der Waals surface area contributed by atoms with Crippen molar-refractivity contribution in [1.82, 2.24) is 9.13 Å². The van der Waals surface area contributed by atoms with E-state index in [4.69, 9.17) is 23.2 Å². The van der Waals surface area contributed by atoms with Crippen molar-refractivity contribution >= 4 is 82.7 Å². The second kappa shape index (κ2) is 9.92. The maximum atomic E-state index is 13.1. The lowest BCUT2D eigenvalue weighted by atomic mass is 10.0. The Kier molecular flexibility index (Phi) is 7.40. The molecular formula is C25H24Br2Cl2N2O. The zero-order valence-corrected chi connectivity index (χ0v) is 22.5. The lowest BCUT2D eigenvalue weighted by molar-refractivity contribution is -0.118. The minimum atomic E-state index is -0.371. The molecule has 4 rings (SSSR count). The molecule has 0 saturated carbocycles. The Hall–Kier alpha value is -1.27. The van der Waals surface area contributed by atoms with E-state index in [9.17, 15) is 4.79 Å². The quantitative estimate of drug-likeness (QED) is 0.190. The highest BCUT2D eigenvalue weighted by molar-refractivity contribution is 9.10. The highest BCUT2D eigenvalue weighted by Gasteiger charge is 2.29. The topological polar surface area (TPSA) is 26.9 Å². The van der Waals surface area contributed by atoms with E-state index < -0.39 is 0 Å². The van der Waals surface area contributed by atoms with E-state index in [1.807, 2.05) is 50.8 Å². The number of carbonyl (C=O) groups is 1. The predicted molar refractivity (Wildman–Crippen MR) is 143 cm³/mol. The van der Waals surface area contributed by atoms with Gasteiger partial charge in [0.2, 0.25) is 0 Å². The number of aromatic nitrogens is 2. The minimum absolute atomic E-state index is 0.0572. The predicted octanol–water partition coefficient (Wildman–Crippen LogP) is 7.81. The molecule has 2 heterocycles. The summed E-state index contributed by atoms with van der Waals surface area (Å²) in [5.74, 6) is 0.0572. The first-order chi connectivity index (χ1) is 15.3. The van der Waals surface area contributed by atoms with Crippen LogP contribution in [0.5, 0.6) is 0 Å². The highest BCUT2D eigenvalue weighted by atomic mass is 79.9. The van der Waals surface area contributed by atoms with Crippen molar-refractivity contribution in [3.05, 3.63) is 72.1 Å². The van der Waals surface area contributed by atoms with Gasteiger partial charge in [-0.05, 0) is 36.1 Å². The first-order valence-electron chi connectivity index (χ1n) is 10.5. The summed E-state index contributed by atoms with van der Waals surface area (Å²) >= 11 is 20.7. The smallest absolute Gasteiger partial charge is 0.160 e. The number of nitrogens with zero attached hydrogens (tertiary/aromatic N) is 2. The summed E-state index contributed by atoms with van der Waals surface area (Å²) in [6, 6.07) is 16.3. The Labute approximate surface area is 214 Å². The molecule has 4 unspecified atom stereocenters. The van der Waals surface area contributed by atoms with Gasteiger partial charge < -0.3 is 9.13 Å². The second-order valence-corrected chi connectivity index (χ2v) is 11.4. The Morgan fingerprint density at radius 1 is 0.781 bits per heavy atom. The summed E-state index contributed by atoms with van der Waals surface area (Å²) in [7, 11) is 4.02. The number of hydrogen-bond donors (Lipinski definition) is 0. The van der Waals surface area contributed by atoms with E-state index in [0.717, 1.165) is 32.9 Å². The number of aryl methyl sites for hydroxylation is 2. The van der Waals surface area contributed by atoms with Crippen molar-refractivity contribution < 1.29 is 4.79 Å². The van der Waals surface area contributed by atoms with Crippen LogP contribution in [0.2, 0.25) is 0 Å². The van der Waals surface area contributed by atoms with Gasteiger partial charge in [-0.25, -0.2) is 0 Å². The lowest BCUT2D eigenvalue weighted by Crippen LogP contribution is -2.26. The molecule has 0 saturated heterocycles. The van der Waals surface area contributed by atoms with Crippen molar-refractivity contribution in [1.29, 1.82) is 0 Å². The van der Waals surface area contributed by atoms with Crippen LogP contribution in [0.3, 0.4) is 0 Å².